The number of hydrogen-bond acceptors (Lipinski definition) is 3. The van der Waals surface area contributed by atoms with E-state index in [4.69, 9.17) is 0 Å². The maximum atomic E-state index is 12.9. The highest BCUT2D eigenvalue weighted by Gasteiger charge is 2.31. The van der Waals surface area contributed by atoms with Crippen molar-refractivity contribution >= 4 is 29.0 Å². The first-order valence-electron chi connectivity index (χ1n) is 9.05. The monoisotopic (exact) mass is 410 g/mol. The molecule has 2 aromatic rings. The number of alkyl halides is 3. The van der Waals surface area contributed by atoms with E-state index in [1.807, 2.05) is 35.4 Å². The molecule has 8 heteroatoms. The number of quaternary nitrogens is 1. The summed E-state index contributed by atoms with van der Waals surface area (Å²) in [4.78, 5) is 16.5. The number of carbonyl (C=O) groups excluding carboxylic acids is 1. The number of nitrogens with zero attached hydrogens (tertiary/aromatic N) is 1. The highest BCUT2D eigenvalue weighted by atomic mass is 32.2. The Morgan fingerprint density at radius 2 is 1.86 bits per heavy atom. The highest BCUT2D eigenvalue weighted by Crippen LogP contribution is 2.31. The standard InChI is InChI=1S/C20H22F3N3OS/c1-28-18-8-3-2-7-17(18)24-19(27)14-25-9-11-26(12-10-25)16-6-4-5-15(13-16)20(21,22)23/h2-8,13H,9-12,14H2,1H3,(H,24,27)/p+1. The van der Waals surface area contributed by atoms with Gasteiger partial charge in [-0.25, -0.2) is 0 Å². The number of halogens is 3. The average Bonchev–Trinajstić information content (AvgIpc) is 2.68. The number of thioether (sulfide) groups is 1. The Morgan fingerprint density at radius 1 is 1.14 bits per heavy atom. The Morgan fingerprint density at radius 3 is 2.54 bits per heavy atom. The van der Waals surface area contributed by atoms with E-state index in [-0.39, 0.29) is 5.91 Å². The molecule has 0 aromatic heterocycles. The van der Waals surface area contributed by atoms with Crippen LogP contribution in [0, 0.1) is 0 Å². The molecule has 2 aromatic carbocycles. The third kappa shape index (κ3) is 5.20. The van der Waals surface area contributed by atoms with Crippen LogP contribution in [-0.2, 0) is 11.0 Å². The number of hydrogen-bond donors (Lipinski definition) is 2. The Labute approximate surface area is 166 Å². The second kappa shape index (κ2) is 8.87. The molecule has 0 radical (unpaired) electrons. The predicted octanol–water partition coefficient (Wildman–Crippen LogP) is 2.77. The van der Waals surface area contributed by atoms with Crippen LogP contribution in [0.1, 0.15) is 5.56 Å². The molecule has 1 aliphatic rings. The molecule has 0 saturated carbocycles. The molecule has 0 atom stereocenters. The van der Waals surface area contributed by atoms with Crippen molar-refractivity contribution in [3.63, 3.8) is 0 Å². The zero-order valence-electron chi connectivity index (χ0n) is 15.6. The van der Waals surface area contributed by atoms with Gasteiger partial charge in [0, 0.05) is 10.6 Å². The van der Waals surface area contributed by atoms with Gasteiger partial charge in [-0.2, -0.15) is 13.2 Å². The maximum absolute atomic E-state index is 12.9. The van der Waals surface area contributed by atoms with Crippen LogP contribution >= 0.6 is 11.8 Å². The van der Waals surface area contributed by atoms with Crippen LogP contribution in [0.5, 0.6) is 0 Å². The van der Waals surface area contributed by atoms with Crippen LogP contribution in [0.15, 0.2) is 53.4 Å². The lowest BCUT2D eigenvalue weighted by atomic mass is 10.1. The lowest BCUT2D eigenvalue weighted by Crippen LogP contribution is -3.15. The normalized spacial score (nSPS) is 15.5. The summed E-state index contributed by atoms with van der Waals surface area (Å²) in [5.41, 5.74) is 0.751. The van der Waals surface area contributed by atoms with Crippen LogP contribution in [0.25, 0.3) is 0 Å². The molecule has 0 spiro atoms. The molecule has 4 nitrogen and oxygen atoms in total. The highest BCUT2D eigenvalue weighted by molar-refractivity contribution is 7.98. The minimum atomic E-state index is -4.34. The molecular formula is C20H23F3N3OS+. The number of anilines is 2. The lowest BCUT2D eigenvalue weighted by Gasteiger charge is -2.33. The van der Waals surface area contributed by atoms with E-state index < -0.39 is 11.7 Å². The van der Waals surface area contributed by atoms with Gasteiger partial charge in [0.25, 0.3) is 5.91 Å². The summed E-state index contributed by atoms with van der Waals surface area (Å²) in [5, 5.41) is 2.96. The van der Waals surface area contributed by atoms with Crippen molar-refractivity contribution in [2.45, 2.75) is 11.1 Å². The number of piperazine rings is 1. The fraction of sp³-hybridized carbons (Fsp3) is 0.350. The topological polar surface area (TPSA) is 36.8 Å². The second-order valence-corrected chi connectivity index (χ2v) is 7.56. The van der Waals surface area contributed by atoms with Gasteiger partial charge in [-0.3, -0.25) is 4.79 Å². The summed E-state index contributed by atoms with van der Waals surface area (Å²) in [6, 6.07) is 13.1. The van der Waals surface area contributed by atoms with E-state index in [2.05, 4.69) is 5.32 Å². The number of amides is 1. The summed E-state index contributed by atoms with van der Waals surface area (Å²) in [6.07, 6.45) is -2.38. The first kappa shape index (κ1) is 20.5. The van der Waals surface area contributed by atoms with E-state index in [0.29, 0.717) is 38.4 Å². The molecule has 2 N–H and O–H groups in total. The third-order valence-electron chi connectivity index (χ3n) is 4.80. The van der Waals surface area contributed by atoms with Crippen molar-refractivity contribution < 1.29 is 22.9 Å². The minimum Gasteiger partial charge on any atom is -0.360 e. The second-order valence-electron chi connectivity index (χ2n) is 6.71. The van der Waals surface area contributed by atoms with Gasteiger partial charge in [-0.05, 0) is 36.6 Å². The molecule has 1 amide bonds. The van der Waals surface area contributed by atoms with Gasteiger partial charge >= 0.3 is 6.18 Å². The van der Waals surface area contributed by atoms with Crippen molar-refractivity contribution in [1.82, 2.24) is 0 Å². The zero-order chi connectivity index (χ0) is 20.1. The van der Waals surface area contributed by atoms with E-state index in [1.54, 1.807) is 17.8 Å². The average molecular weight is 410 g/mol. The fourth-order valence-corrected chi connectivity index (χ4v) is 3.86. The van der Waals surface area contributed by atoms with Crippen LogP contribution in [0.4, 0.5) is 24.5 Å². The molecule has 0 aliphatic carbocycles. The van der Waals surface area contributed by atoms with E-state index in [1.165, 1.54) is 12.1 Å². The summed E-state index contributed by atoms with van der Waals surface area (Å²) in [5.74, 6) is -0.0518. The smallest absolute Gasteiger partial charge is 0.360 e. The molecule has 1 aliphatic heterocycles. The van der Waals surface area contributed by atoms with Crippen molar-refractivity contribution in [3.05, 3.63) is 54.1 Å². The van der Waals surface area contributed by atoms with Crippen LogP contribution in [-0.4, -0.2) is 44.9 Å². The zero-order valence-corrected chi connectivity index (χ0v) is 16.4. The molecule has 1 heterocycles. The minimum absolute atomic E-state index is 0.0518. The SMILES string of the molecule is CSc1ccccc1NC(=O)C[NH+]1CCN(c2cccc(C(F)(F)F)c2)CC1. The molecular weight excluding hydrogens is 387 g/mol. The molecule has 28 heavy (non-hydrogen) atoms. The van der Waals surface area contributed by atoms with Gasteiger partial charge < -0.3 is 15.1 Å². The van der Waals surface area contributed by atoms with E-state index in [0.717, 1.165) is 21.5 Å². The number of rotatable bonds is 5. The number of benzene rings is 2. The van der Waals surface area contributed by atoms with Gasteiger partial charge in [-0.15, -0.1) is 11.8 Å². The van der Waals surface area contributed by atoms with Crippen molar-refractivity contribution in [2.24, 2.45) is 0 Å². The molecule has 0 unspecified atom stereocenters. The quantitative estimate of drug-likeness (QED) is 0.745. The Bertz CT molecular complexity index is 820. The van der Waals surface area contributed by atoms with Crippen LogP contribution in [0.2, 0.25) is 0 Å². The Hall–Kier alpha value is -2.19. The van der Waals surface area contributed by atoms with Gasteiger partial charge in [-0.1, -0.05) is 18.2 Å². The maximum Gasteiger partial charge on any atom is 0.416 e. The number of carbonyl (C=O) groups is 1. The summed E-state index contributed by atoms with van der Waals surface area (Å²) in [7, 11) is 0. The predicted molar refractivity (Wildman–Crippen MR) is 106 cm³/mol. The molecule has 150 valence electrons. The molecule has 1 fully saturated rings. The summed E-state index contributed by atoms with van der Waals surface area (Å²) < 4.78 is 38.7. The van der Waals surface area contributed by atoms with Crippen molar-refractivity contribution in [1.29, 1.82) is 0 Å². The molecule has 3 rings (SSSR count). The fourth-order valence-electron chi connectivity index (χ4n) is 3.31. The summed E-state index contributed by atoms with van der Waals surface area (Å²) in [6.45, 7) is 2.98. The molecule has 0 bridgehead atoms. The van der Waals surface area contributed by atoms with Gasteiger partial charge in [0.15, 0.2) is 6.54 Å². The Balaban J connectivity index is 1.54. The first-order valence-corrected chi connectivity index (χ1v) is 10.3. The van der Waals surface area contributed by atoms with Gasteiger partial charge in [0.05, 0.1) is 37.4 Å². The van der Waals surface area contributed by atoms with E-state index >= 15 is 0 Å². The van der Waals surface area contributed by atoms with Crippen molar-refractivity contribution in [3.8, 4) is 0 Å². The van der Waals surface area contributed by atoms with Crippen molar-refractivity contribution in [2.75, 3.05) is 49.2 Å². The first-order chi connectivity index (χ1) is 13.4. The van der Waals surface area contributed by atoms with E-state index in [9.17, 15) is 18.0 Å². The Kier molecular flexibility index (Phi) is 6.51. The largest absolute Gasteiger partial charge is 0.416 e. The number of para-hydroxylation sites is 1. The van der Waals surface area contributed by atoms with Crippen LogP contribution in [0.3, 0.4) is 0 Å². The van der Waals surface area contributed by atoms with Gasteiger partial charge in [0.2, 0.25) is 0 Å². The lowest BCUT2D eigenvalue weighted by molar-refractivity contribution is -0.892. The van der Waals surface area contributed by atoms with Crippen LogP contribution < -0.4 is 15.1 Å². The number of nitrogens with one attached hydrogen (secondary N) is 2. The van der Waals surface area contributed by atoms with Gasteiger partial charge in [0.1, 0.15) is 0 Å². The summed E-state index contributed by atoms with van der Waals surface area (Å²) >= 11 is 1.58. The molecule has 1 saturated heterocycles. The third-order valence-corrected chi connectivity index (χ3v) is 5.60.